The van der Waals surface area contributed by atoms with Crippen molar-refractivity contribution in [2.24, 2.45) is 0 Å². The van der Waals surface area contributed by atoms with Crippen LogP contribution in [0.1, 0.15) is 40.3 Å². The van der Waals surface area contributed by atoms with E-state index in [-0.39, 0.29) is 11.8 Å². The number of hydrogen-bond acceptors (Lipinski definition) is 2. The van der Waals surface area contributed by atoms with Gasteiger partial charge in [-0.1, -0.05) is 26.0 Å². The summed E-state index contributed by atoms with van der Waals surface area (Å²) in [5.74, 6) is -0.444. The van der Waals surface area contributed by atoms with Gasteiger partial charge in [0, 0.05) is 11.9 Å². The molecular weight excluding hydrogens is 240 g/mol. The Bertz CT molecular complexity index is 553. The van der Waals surface area contributed by atoms with Gasteiger partial charge in [0.15, 0.2) is 0 Å². The fourth-order valence-corrected chi connectivity index (χ4v) is 2.02. The minimum atomic E-state index is -0.222. The first-order valence-corrected chi connectivity index (χ1v) is 6.35. The first kappa shape index (κ1) is 13.1. The highest BCUT2D eigenvalue weighted by atomic mass is 16.2. The van der Waals surface area contributed by atoms with E-state index in [0.29, 0.717) is 17.7 Å². The van der Waals surface area contributed by atoms with Crippen LogP contribution in [0.2, 0.25) is 0 Å². The van der Waals surface area contributed by atoms with Crippen molar-refractivity contribution < 1.29 is 9.59 Å². The number of aromatic nitrogens is 1. The van der Waals surface area contributed by atoms with Crippen LogP contribution in [0.3, 0.4) is 0 Å². The largest absolute Gasteiger partial charge is 0.364 e. The number of aromatic amines is 1. The standard InChI is InChI=1S/C13H10N2O2.C2H6/c16-12-10-5-1-2-6-11(10)13(17)15(12)8-9-4-3-7-14-9;1-2/h1-7,14H,8H2;1-2H3. The van der Waals surface area contributed by atoms with Gasteiger partial charge in [0.05, 0.1) is 17.7 Å². The third kappa shape index (κ3) is 2.29. The fraction of sp³-hybridized carbons (Fsp3) is 0.200. The van der Waals surface area contributed by atoms with Crippen LogP contribution in [0.5, 0.6) is 0 Å². The van der Waals surface area contributed by atoms with Crippen molar-refractivity contribution >= 4 is 11.8 Å². The fourth-order valence-electron chi connectivity index (χ4n) is 2.02. The van der Waals surface area contributed by atoms with Gasteiger partial charge in [0.25, 0.3) is 11.8 Å². The molecule has 4 nitrogen and oxygen atoms in total. The second-order valence-corrected chi connectivity index (χ2v) is 3.94. The predicted octanol–water partition coefficient (Wildman–Crippen LogP) is 2.84. The number of imide groups is 1. The van der Waals surface area contributed by atoms with Crippen LogP contribution in [0, 0.1) is 0 Å². The van der Waals surface area contributed by atoms with Crippen molar-refractivity contribution in [3.05, 3.63) is 59.4 Å². The molecule has 1 N–H and O–H groups in total. The van der Waals surface area contributed by atoms with Crippen LogP contribution in [0.25, 0.3) is 0 Å². The van der Waals surface area contributed by atoms with E-state index in [1.165, 1.54) is 4.90 Å². The van der Waals surface area contributed by atoms with E-state index >= 15 is 0 Å². The normalized spacial score (nSPS) is 13.1. The van der Waals surface area contributed by atoms with Gasteiger partial charge in [0.2, 0.25) is 0 Å². The zero-order chi connectivity index (χ0) is 13.8. The molecule has 0 bridgehead atoms. The predicted molar refractivity (Wildman–Crippen MR) is 72.8 cm³/mol. The molecule has 1 aliphatic heterocycles. The number of benzene rings is 1. The summed E-state index contributed by atoms with van der Waals surface area (Å²) in [6, 6.07) is 10.6. The van der Waals surface area contributed by atoms with Crippen molar-refractivity contribution in [1.82, 2.24) is 9.88 Å². The minimum Gasteiger partial charge on any atom is -0.364 e. The number of carbonyl (C=O) groups excluding carboxylic acids is 2. The molecule has 0 saturated carbocycles. The van der Waals surface area contributed by atoms with E-state index in [2.05, 4.69) is 4.98 Å². The molecule has 0 aliphatic carbocycles. The molecule has 4 heteroatoms. The van der Waals surface area contributed by atoms with Crippen molar-refractivity contribution in [3.8, 4) is 0 Å². The zero-order valence-corrected chi connectivity index (χ0v) is 11.0. The Hall–Kier alpha value is -2.36. The third-order valence-electron chi connectivity index (χ3n) is 2.87. The van der Waals surface area contributed by atoms with Crippen LogP contribution < -0.4 is 0 Å². The lowest BCUT2D eigenvalue weighted by Crippen LogP contribution is -2.29. The Morgan fingerprint density at radius 1 is 0.947 bits per heavy atom. The molecule has 3 rings (SSSR count). The van der Waals surface area contributed by atoms with E-state index in [1.54, 1.807) is 30.5 Å². The molecule has 0 radical (unpaired) electrons. The highest BCUT2D eigenvalue weighted by Crippen LogP contribution is 2.23. The van der Waals surface area contributed by atoms with E-state index in [1.807, 2.05) is 26.0 Å². The van der Waals surface area contributed by atoms with Gasteiger partial charge >= 0.3 is 0 Å². The summed E-state index contributed by atoms with van der Waals surface area (Å²) in [5.41, 5.74) is 1.83. The SMILES string of the molecule is CC.O=C1c2ccccc2C(=O)N1Cc1ccc[nH]1. The summed E-state index contributed by atoms with van der Waals surface area (Å²) >= 11 is 0. The van der Waals surface area contributed by atoms with Crippen LogP contribution in [-0.4, -0.2) is 21.7 Å². The van der Waals surface area contributed by atoms with Gasteiger partial charge in [-0.25, -0.2) is 0 Å². The van der Waals surface area contributed by atoms with E-state index < -0.39 is 0 Å². The van der Waals surface area contributed by atoms with Crippen LogP contribution in [0.15, 0.2) is 42.6 Å². The first-order chi connectivity index (χ1) is 9.27. The average molecular weight is 256 g/mol. The second kappa shape index (κ2) is 5.52. The topological polar surface area (TPSA) is 53.2 Å². The van der Waals surface area contributed by atoms with Gasteiger partial charge in [-0.2, -0.15) is 0 Å². The molecule has 2 aromatic rings. The Morgan fingerprint density at radius 3 is 2.00 bits per heavy atom. The maximum atomic E-state index is 12.0. The number of rotatable bonds is 2. The summed E-state index contributed by atoms with van der Waals surface area (Å²) in [4.78, 5) is 28.3. The molecule has 0 fully saturated rings. The molecule has 0 unspecified atom stereocenters. The third-order valence-corrected chi connectivity index (χ3v) is 2.87. The molecule has 1 aromatic carbocycles. The summed E-state index contributed by atoms with van der Waals surface area (Å²) < 4.78 is 0. The summed E-state index contributed by atoms with van der Waals surface area (Å²) in [7, 11) is 0. The maximum absolute atomic E-state index is 12.0. The van der Waals surface area contributed by atoms with Crippen LogP contribution in [-0.2, 0) is 6.54 Å². The Labute approximate surface area is 112 Å². The molecule has 1 aromatic heterocycles. The zero-order valence-electron chi connectivity index (χ0n) is 11.0. The number of nitrogens with zero attached hydrogens (tertiary/aromatic N) is 1. The number of H-pyrrole nitrogens is 1. The first-order valence-electron chi connectivity index (χ1n) is 6.35. The highest BCUT2D eigenvalue weighted by Gasteiger charge is 2.34. The summed E-state index contributed by atoms with van der Waals surface area (Å²) in [5, 5.41) is 0. The molecular formula is C15H16N2O2. The number of hydrogen-bond donors (Lipinski definition) is 1. The lowest BCUT2D eigenvalue weighted by molar-refractivity contribution is 0.0640. The molecule has 2 heterocycles. The number of amides is 2. The highest BCUT2D eigenvalue weighted by molar-refractivity contribution is 6.21. The lowest BCUT2D eigenvalue weighted by Gasteiger charge is -2.12. The van der Waals surface area contributed by atoms with Crippen molar-refractivity contribution in [3.63, 3.8) is 0 Å². The minimum absolute atomic E-state index is 0.222. The monoisotopic (exact) mass is 256 g/mol. The van der Waals surface area contributed by atoms with Gasteiger partial charge in [0.1, 0.15) is 0 Å². The maximum Gasteiger partial charge on any atom is 0.261 e. The molecule has 19 heavy (non-hydrogen) atoms. The summed E-state index contributed by atoms with van der Waals surface area (Å²) in [6.07, 6.45) is 1.77. The summed E-state index contributed by atoms with van der Waals surface area (Å²) in [6.45, 7) is 4.29. The van der Waals surface area contributed by atoms with E-state index in [9.17, 15) is 9.59 Å². The Kier molecular flexibility index (Phi) is 3.80. The van der Waals surface area contributed by atoms with Crippen molar-refractivity contribution in [2.75, 3.05) is 0 Å². The van der Waals surface area contributed by atoms with Crippen molar-refractivity contribution in [2.45, 2.75) is 20.4 Å². The molecule has 0 saturated heterocycles. The van der Waals surface area contributed by atoms with Crippen molar-refractivity contribution in [1.29, 1.82) is 0 Å². The Balaban J connectivity index is 0.000000637. The molecule has 2 amide bonds. The molecule has 1 aliphatic rings. The quantitative estimate of drug-likeness (QED) is 0.840. The van der Waals surface area contributed by atoms with Gasteiger partial charge in [-0.15, -0.1) is 0 Å². The van der Waals surface area contributed by atoms with E-state index in [0.717, 1.165) is 5.69 Å². The Morgan fingerprint density at radius 2 is 1.53 bits per heavy atom. The smallest absolute Gasteiger partial charge is 0.261 e. The van der Waals surface area contributed by atoms with E-state index in [4.69, 9.17) is 0 Å². The molecule has 0 atom stereocenters. The van der Waals surface area contributed by atoms with Gasteiger partial charge in [-0.05, 0) is 24.3 Å². The average Bonchev–Trinajstić information content (AvgIpc) is 3.05. The number of nitrogens with one attached hydrogen (secondary N) is 1. The lowest BCUT2D eigenvalue weighted by atomic mass is 10.1. The number of carbonyl (C=O) groups is 2. The molecule has 98 valence electrons. The number of fused-ring (bicyclic) bond motifs is 1. The molecule has 0 spiro atoms. The van der Waals surface area contributed by atoms with Gasteiger partial charge in [-0.3, -0.25) is 14.5 Å². The van der Waals surface area contributed by atoms with Gasteiger partial charge < -0.3 is 4.98 Å². The van der Waals surface area contributed by atoms with Crippen LogP contribution >= 0.6 is 0 Å². The second-order valence-electron chi connectivity index (χ2n) is 3.94. The van der Waals surface area contributed by atoms with Crippen LogP contribution in [0.4, 0.5) is 0 Å².